The van der Waals surface area contributed by atoms with Crippen LogP contribution in [-0.2, 0) is 0 Å². The standard InChI is InChI=1S/C10H7Cl4NO/c11-4-2-1-3-7-5-8(15-6-7)9(16)10(12,13)14/h5-6,15H,2,4H2. The Kier molecular flexibility index (Phi) is 5.01. The van der Waals surface area contributed by atoms with Crippen molar-refractivity contribution in [3.05, 3.63) is 23.5 Å². The van der Waals surface area contributed by atoms with Crippen molar-refractivity contribution >= 4 is 52.2 Å². The maximum atomic E-state index is 11.5. The Bertz CT molecular complexity index is 436. The van der Waals surface area contributed by atoms with E-state index in [0.717, 1.165) is 0 Å². The molecule has 1 heterocycles. The van der Waals surface area contributed by atoms with Gasteiger partial charge in [0.05, 0.1) is 5.69 Å². The van der Waals surface area contributed by atoms with Crippen molar-refractivity contribution in [1.29, 1.82) is 0 Å². The van der Waals surface area contributed by atoms with Crippen LogP contribution in [0.5, 0.6) is 0 Å². The normalized spacial score (nSPS) is 10.8. The van der Waals surface area contributed by atoms with Crippen LogP contribution in [0.1, 0.15) is 22.5 Å². The topological polar surface area (TPSA) is 32.9 Å². The Balaban J connectivity index is 2.81. The highest BCUT2D eigenvalue weighted by molar-refractivity contribution is 6.77. The SMILES string of the molecule is O=C(c1cc(C#CCCCl)c[nH]1)C(Cl)(Cl)Cl. The molecule has 0 spiro atoms. The molecule has 1 aromatic rings. The van der Waals surface area contributed by atoms with Crippen LogP contribution in [0.4, 0.5) is 0 Å². The van der Waals surface area contributed by atoms with Gasteiger partial charge in [0.2, 0.25) is 5.78 Å². The lowest BCUT2D eigenvalue weighted by Gasteiger charge is -2.06. The number of halogens is 4. The van der Waals surface area contributed by atoms with Gasteiger partial charge in [-0.2, -0.15) is 0 Å². The first-order valence-electron chi connectivity index (χ1n) is 4.30. The molecule has 0 aliphatic rings. The van der Waals surface area contributed by atoms with Gasteiger partial charge in [-0.25, -0.2) is 0 Å². The molecule has 0 aliphatic heterocycles. The molecule has 0 saturated heterocycles. The first-order valence-corrected chi connectivity index (χ1v) is 5.97. The minimum Gasteiger partial charge on any atom is -0.357 e. The van der Waals surface area contributed by atoms with Crippen LogP contribution in [0.2, 0.25) is 0 Å². The second kappa shape index (κ2) is 5.84. The molecule has 0 aliphatic carbocycles. The minimum atomic E-state index is -1.95. The number of H-pyrrole nitrogens is 1. The van der Waals surface area contributed by atoms with Crippen LogP contribution >= 0.6 is 46.4 Å². The molecule has 2 nitrogen and oxygen atoms in total. The number of ketones is 1. The summed E-state index contributed by atoms with van der Waals surface area (Å²) in [5.41, 5.74) is 0.873. The largest absolute Gasteiger partial charge is 0.357 e. The fraction of sp³-hybridized carbons (Fsp3) is 0.300. The van der Waals surface area contributed by atoms with Gasteiger partial charge < -0.3 is 4.98 Å². The van der Waals surface area contributed by atoms with Crippen LogP contribution in [0.15, 0.2) is 12.3 Å². The maximum Gasteiger partial charge on any atom is 0.254 e. The number of nitrogens with one attached hydrogen (secondary N) is 1. The number of carbonyl (C=O) groups is 1. The molecule has 86 valence electrons. The molecule has 1 rings (SSSR count). The van der Waals surface area contributed by atoms with Crippen molar-refractivity contribution in [2.75, 3.05) is 5.88 Å². The predicted molar refractivity (Wildman–Crippen MR) is 67.6 cm³/mol. The highest BCUT2D eigenvalue weighted by Gasteiger charge is 2.32. The average Bonchev–Trinajstić information content (AvgIpc) is 2.64. The van der Waals surface area contributed by atoms with E-state index in [0.29, 0.717) is 17.9 Å². The van der Waals surface area contributed by atoms with Gasteiger partial charge in [-0.05, 0) is 6.07 Å². The Morgan fingerprint density at radius 3 is 2.69 bits per heavy atom. The van der Waals surface area contributed by atoms with Gasteiger partial charge in [-0.1, -0.05) is 46.6 Å². The fourth-order valence-corrected chi connectivity index (χ4v) is 1.36. The fourth-order valence-electron chi connectivity index (χ4n) is 0.962. The molecule has 6 heteroatoms. The summed E-state index contributed by atoms with van der Waals surface area (Å²) in [6, 6.07) is 1.53. The van der Waals surface area contributed by atoms with Gasteiger partial charge in [-0.15, -0.1) is 11.6 Å². The van der Waals surface area contributed by atoms with E-state index in [4.69, 9.17) is 46.4 Å². The molecule has 16 heavy (non-hydrogen) atoms. The summed E-state index contributed by atoms with van der Waals surface area (Å²) < 4.78 is -1.95. The van der Waals surface area contributed by atoms with Crippen molar-refractivity contribution in [1.82, 2.24) is 4.98 Å². The average molecular weight is 299 g/mol. The highest BCUT2D eigenvalue weighted by Crippen LogP contribution is 2.30. The van der Waals surface area contributed by atoms with E-state index in [9.17, 15) is 4.79 Å². The summed E-state index contributed by atoms with van der Waals surface area (Å²) in [5, 5.41) is 0. The molecule has 0 unspecified atom stereocenters. The van der Waals surface area contributed by atoms with Crippen LogP contribution in [0, 0.1) is 11.8 Å². The van der Waals surface area contributed by atoms with Crippen LogP contribution in [0.3, 0.4) is 0 Å². The second-order valence-corrected chi connectivity index (χ2v) is 5.53. The Hall–Kier alpha value is -0.330. The van der Waals surface area contributed by atoms with Crippen molar-refractivity contribution in [2.24, 2.45) is 0 Å². The number of hydrogen-bond acceptors (Lipinski definition) is 1. The number of aromatic amines is 1. The van der Waals surface area contributed by atoms with E-state index in [-0.39, 0.29) is 5.69 Å². The first kappa shape index (κ1) is 13.7. The van der Waals surface area contributed by atoms with Gasteiger partial charge >= 0.3 is 0 Å². The quantitative estimate of drug-likeness (QED) is 0.505. The minimum absolute atomic E-state index is 0.218. The predicted octanol–water partition coefficient (Wildman–Crippen LogP) is 3.55. The molecular formula is C10H7Cl4NO. The zero-order valence-corrected chi connectivity index (χ0v) is 11.0. The molecule has 0 aromatic carbocycles. The summed E-state index contributed by atoms with van der Waals surface area (Å²) in [7, 11) is 0. The van der Waals surface area contributed by atoms with Gasteiger partial charge in [0.25, 0.3) is 3.79 Å². The smallest absolute Gasteiger partial charge is 0.254 e. The van der Waals surface area contributed by atoms with Crippen LogP contribution in [-0.4, -0.2) is 20.4 Å². The lowest BCUT2D eigenvalue weighted by atomic mass is 10.2. The van der Waals surface area contributed by atoms with Crippen LogP contribution in [0.25, 0.3) is 0 Å². The maximum absolute atomic E-state index is 11.5. The lowest BCUT2D eigenvalue weighted by Crippen LogP contribution is -2.19. The summed E-state index contributed by atoms with van der Waals surface area (Å²) in [6.07, 6.45) is 2.16. The third kappa shape index (κ3) is 3.92. The number of aromatic nitrogens is 1. The number of carbonyl (C=O) groups excluding carboxylic acids is 1. The van der Waals surface area contributed by atoms with Crippen molar-refractivity contribution < 1.29 is 4.79 Å². The monoisotopic (exact) mass is 297 g/mol. The third-order valence-electron chi connectivity index (χ3n) is 1.64. The second-order valence-electron chi connectivity index (χ2n) is 2.87. The zero-order chi connectivity index (χ0) is 12.2. The Labute approximate surface area is 113 Å². The lowest BCUT2D eigenvalue weighted by molar-refractivity contribution is 0.0992. The zero-order valence-electron chi connectivity index (χ0n) is 7.99. The molecule has 1 N–H and O–H groups in total. The van der Waals surface area contributed by atoms with E-state index in [1.807, 2.05) is 0 Å². The van der Waals surface area contributed by atoms with E-state index >= 15 is 0 Å². The molecule has 0 fully saturated rings. The van der Waals surface area contributed by atoms with Crippen molar-refractivity contribution in [2.45, 2.75) is 10.2 Å². The van der Waals surface area contributed by atoms with Gasteiger partial charge in [-0.3, -0.25) is 4.79 Å². The number of rotatable bonds is 2. The summed E-state index contributed by atoms with van der Waals surface area (Å²) in [6.45, 7) is 0. The number of hydrogen-bond donors (Lipinski definition) is 1. The molecule has 0 bridgehead atoms. The number of Topliss-reactive ketones (excluding diaryl/α,β-unsaturated/α-hetero) is 1. The molecule has 0 atom stereocenters. The third-order valence-corrected chi connectivity index (χ3v) is 2.34. The first-order chi connectivity index (χ1) is 7.45. The summed E-state index contributed by atoms with van der Waals surface area (Å²) in [5.74, 6) is 5.52. The molecule has 1 aromatic heterocycles. The highest BCUT2D eigenvalue weighted by atomic mass is 35.6. The molecule has 0 saturated carbocycles. The molecule has 0 radical (unpaired) electrons. The van der Waals surface area contributed by atoms with E-state index in [1.54, 1.807) is 6.20 Å². The van der Waals surface area contributed by atoms with E-state index in [2.05, 4.69) is 16.8 Å². The molecule has 0 amide bonds. The summed E-state index contributed by atoms with van der Waals surface area (Å²) in [4.78, 5) is 14.2. The van der Waals surface area contributed by atoms with E-state index < -0.39 is 9.58 Å². The molecular weight excluding hydrogens is 292 g/mol. The number of alkyl halides is 4. The van der Waals surface area contributed by atoms with Gasteiger partial charge in [0.15, 0.2) is 0 Å². The van der Waals surface area contributed by atoms with Crippen molar-refractivity contribution in [3.8, 4) is 11.8 Å². The van der Waals surface area contributed by atoms with Crippen molar-refractivity contribution in [3.63, 3.8) is 0 Å². The van der Waals surface area contributed by atoms with Gasteiger partial charge in [0.1, 0.15) is 0 Å². The Morgan fingerprint density at radius 2 is 2.12 bits per heavy atom. The van der Waals surface area contributed by atoms with Crippen LogP contribution < -0.4 is 0 Å². The van der Waals surface area contributed by atoms with Gasteiger partial charge in [0, 0.05) is 24.1 Å². The Morgan fingerprint density at radius 1 is 1.44 bits per heavy atom. The van der Waals surface area contributed by atoms with E-state index in [1.165, 1.54) is 6.07 Å². The summed E-state index contributed by atoms with van der Waals surface area (Å²) >= 11 is 21.9.